The molecule has 1 unspecified atom stereocenters. The van der Waals surface area contributed by atoms with Crippen LogP contribution in [0.1, 0.15) is 13.3 Å². The van der Waals surface area contributed by atoms with E-state index < -0.39 is 0 Å². The van der Waals surface area contributed by atoms with Crippen LogP contribution in [0.3, 0.4) is 0 Å². The lowest BCUT2D eigenvalue weighted by Crippen LogP contribution is -1.93. The maximum Gasteiger partial charge on any atom is 0.165 e. The first kappa shape index (κ1) is 8.15. The maximum atomic E-state index is 8.37. The van der Waals surface area contributed by atoms with Crippen molar-refractivity contribution in [2.75, 3.05) is 0 Å². The number of aromatic nitrogens is 2. The van der Waals surface area contributed by atoms with E-state index in [9.17, 15) is 0 Å². The molecular formula is C7H9N3S. The van der Waals surface area contributed by atoms with Gasteiger partial charge in [0.2, 0.25) is 0 Å². The Kier molecular flexibility index (Phi) is 2.99. The lowest BCUT2D eigenvalue weighted by molar-refractivity contribution is 0.965. The van der Waals surface area contributed by atoms with Gasteiger partial charge in [-0.25, -0.2) is 4.98 Å². The first-order valence-corrected chi connectivity index (χ1v) is 4.24. The molecule has 0 aromatic carbocycles. The van der Waals surface area contributed by atoms with Gasteiger partial charge < -0.3 is 4.98 Å². The molecule has 11 heavy (non-hydrogen) atoms. The number of rotatable bonds is 3. The molecule has 0 saturated carbocycles. The molecule has 1 atom stereocenters. The minimum absolute atomic E-state index is 0.311. The normalized spacial score (nSPS) is 12.4. The van der Waals surface area contributed by atoms with Crippen molar-refractivity contribution in [2.45, 2.75) is 23.8 Å². The molecule has 0 fully saturated rings. The van der Waals surface area contributed by atoms with E-state index in [1.807, 2.05) is 6.92 Å². The number of hydrogen-bond acceptors (Lipinski definition) is 3. The number of aromatic amines is 1. The SMILES string of the molecule is CC(CC#N)Sc1ncc[nH]1. The van der Waals surface area contributed by atoms with Crippen LogP contribution in [0, 0.1) is 11.3 Å². The molecule has 4 heteroatoms. The van der Waals surface area contributed by atoms with Gasteiger partial charge in [-0.05, 0) is 0 Å². The zero-order chi connectivity index (χ0) is 8.10. The number of nitrogens with one attached hydrogen (secondary N) is 1. The number of imidazole rings is 1. The summed E-state index contributed by atoms with van der Waals surface area (Å²) in [5, 5.41) is 9.56. The fourth-order valence-corrected chi connectivity index (χ4v) is 1.47. The number of hydrogen-bond donors (Lipinski definition) is 1. The number of H-pyrrole nitrogens is 1. The van der Waals surface area contributed by atoms with Gasteiger partial charge in [0.25, 0.3) is 0 Å². The van der Waals surface area contributed by atoms with Crippen LogP contribution in [0.4, 0.5) is 0 Å². The first-order chi connectivity index (χ1) is 5.33. The van der Waals surface area contributed by atoms with Gasteiger partial charge in [0.05, 0.1) is 6.07 Å². The third kappa shape index (κ3) is 2.64. The average Bonchev–Trinajstić information content (AvgIpc) is 2.40. The summed E-state index contributed by atoms with van der Waals surface area (Å²) in [4.78, 5) is 7.01. The predicted molar refractivity (Wildman–Crippen MR) is 44.1 cm³/mol. The minimum Gasteiger partial charge on any atom is -0.340 e. The van der Waals surface area contributed by atoms with Crippen LogP contribution >= 0.6 is 11.8 Å². The van der Waals surface area contributed by atoms with Crippen molar-refractivity contribution in [1.29, 1.82) is 5.26 Å². The van der Waals surface area contributed by atoms with Gasteiger partial charge in [-0.15, -0.1) is 0 Å². The Morgan fingerprint density at radius 3 is 3.27 bits per heavy atom. The second-order valence-corrected chi connectivity index (χ2v) is 3.61. The Bertz CT molecular complexity index is 237. The zero-order valence-electron chi connectivity index (χ0n) is 6.24. The Balaban J connectivity index is 2.38. The predicted octanol–water partition coefficient (Wildman–Crippen LogP) is 1.80. The van der Waals surface area contributed by atoms with Gasteiger partial charge in [-0.1, -0.05) is 18.7 Å². The van der Waals surface area contributed by atoms with Crippen LogP contribution in [-0.2, 0) is 0 Å². The summed E-state index contributed by atoms with van der Waals surface area (Å²) in [7, 11) is 0. The summed E-state index contributed by atoms with van der Waals surface area (Å²) in [6, 6.07) is 2.12. The minimum atomic E-state index is 0.311. The van der Waals surface area contributed by atoms with Crippen molar-refractivity contribution in [3.63, 3.8) is 0 Å². The summed E-state index contributed by atoms with van der Waals surface area (Å²) >= 11 is 1.59. The number of nitriles is 1. The summed E-state index contributed by atoms with van der Waals surface area (Å²) < 4.78 is 0. The van der Waals surface area contributed by atoms with Gasteiger partial charge in [0, 0.05) is 24.1 Å². The number of nitrogens with zero attached hydrogens (tertiary/aromatic N) is 2. The van der Waals surface area contributed by atoms with Crippen LogP contribution in [-0.4, -0.2) is 15.2 Å². The van der Waals surface area contributed by atoms with Crippen LogP contribution in [0.15, 0.2) is 17.6 Å². The summed E-state index contributed by atoms with van der Waals surface area (Å²) in [5.74, 6) is 0. The first-order valence-electron chi connectivity index (χ1n) is 3.36. The monoisotopic (exact) mass is 167 g/mol. The Morgan fingerprint density at radius 2 is 2.73 bits per heavy atom. The Labute approximate surface area is 69.8 Å². The van der Waals surface area contributed by atoms with Crippen molar-refractivity contribution in [3.8, 4) is 6.07 Å². The second-order valence-electron chi connectivity index (χ2n) is 2.19. The van der Waals surface area contributed by atoms with Crippen LogP contribution in [0.5, 0.6) is 0 Å². The average molecular weight is 167 g/mol. The molecule has 0 radical (unpaired) electrons. The molecule has 1 aromatic heterocycles. The van der Waals surface area contributed by atoms with E-state index in [4.69, 9.17) is 5.26 Å². The van der Waals surface area contributed by atoms with Gasteiger partial charge in [0.15, 0.2) is 5.16 Å². The second kappa shape index (κ2) is 4.04. The lowest BCUT2D eigenvalue weighted by atomic mass is 10.4. The standard InChI is InChI=1S/C7H9N3S/c1-6(2-3-8)11-7-9-4-5-10-7/h4-6H,2H2,1H3,(H,9,10). The topological polar surface area (TPSA) is 52.5 Å². The quantitative estimate of drug-likeness (QED) is 0.698. The largest absolute Gasteiger partial charge is 0.340 e. The molecule has 1 aromatic rings. The van der Waals surface area contributed by atoms with Gasteiger partial charge in [-0.3, -0.25) is 0 Å². The molecule has 0 bridgehead atoms. The van der Waals surface area contributed by atoms with E-state index in [0.29, 0.717) is 11.7 Å². The van der Waals surface area contributed by atoms with Crippen molar-refractivity contribution in [2.24, 2.45) is 0 Å². The van der Waals surface area contributed by atoms with Gasteiger partial charge >= 0.3 is 0 Å². The highest BCUT2D eigenvalue weighted by molar-refractivity contribution is 7.99. The molecule has 58 valence electrons. The third-order valence-corrected chi connectivity index (χ3v) is 2.18. The molecular weight excluding hydrogens is 158 g/mol. The highest BCUT2D eigenvalue weighted by atomic mass is 32.2. The molecule has 0 aliphatic rings. The molecule has 3 nitrogen and oxygen atoms in total. The third-order valence-electron chi connectivity index (χ3n) is 1.16. The van der Waals surface area contributed by atoms with Crippen LogP contribution in [0.2, 0.25) is 0 Å². The summed E-state index contributed by atoms with van der Waals surface area (Å²) in [6.45, 7) is 2.01. The Hall–Kier alpha value is -0.950. The van der Waals surface area contributed by atoms with E-state index >= 15 is 0 Å². The van der Waals surface area contributed by atoms with Crippen molar-refractivity contribution < 1.29 is 0 Å². The molecule has 0 saturated heterocycles. The highest BCUT2D eigenvalue weighted by Crippen LogP contribution is 2.20. The van der Waals surface area contributed by atoms with Crippen molar-refractivity contribution in [3.05, 3.63) is 12.4 Å². The number of thioether (sulfide) groups is 1. The molecule has 0 amide bonds. The van der Waals surface area contributed by atoms with Crippen LogP contribution in [0.25, 0.3) is 0 Å². The Morgan fingerprint density at radius 1 is 1.91 bits per heavy atom. The molecule has 0 aliphatic carbocycles. The molecule has 0 spiro atoms. The highest BCUT2D eigenvalue weighted by Gasteiger charge is 2.04. The van der Waals surface area contributed by atoms with Crippen molar-refractivity contribution in [1.82, 2.24) is 9.97 Å². The van der Waals surface area contributed by atoms with Gasteiger partial charge in [0.1, 0.15) is 0 Å². The fourth-order valence-electron chi connectivity index (χ4n) is 0.676. The molecule has 1 rings (SSSR count). The van der Waals surface area contributed by atoms with Crippen LogP contribution < -0.4 is 0 Å². The fraction of sp³-hybridized carbons (Fsp3) is 0.429. The van der Waals surface area contributed by atoms with E-state index in [0.717, 1.165) is 5.16 Å². The van der Waals surface area contributed by atoms with Crippen molar-refractivity contribution >= 4 is 11.8 Å². The van der Waals surface area contributed by atoms with E-state index in [2.05, 4.69) is 16.0 Å². The molecule has 1 heterocycles. The lowest BCUT2D eigenvalue weighted by Gasteiger charge is -2.01. The zero-order valence-corrected chi connectivity index (χ0v) is 7.06. The van der Waals surface area contributed by atoms with Gasteiger partial charge in [-0.2, -0.15) is 5.26 Å². The van der Waals surface area contributed by atoms with E-state index in [-0.39, 0.29) is 0 Å². The van der Waals surface area contributed by atoms with E-state index in [1.54, 1.807) is 24.2 Å². The maximum absolute atomic E-state index is 8.37. The molecule has 1 N–H and O–H groups in total. The smallest absolute Gasteiger partial charge is 0.165 e. The molecule has 0 aliphatic heterocycles. The van der Waals surface area contributed by atoms with E-state index in [1.165, 1.54) is 0 Å². The summed E-state index contributed by atoms with van der Waals surface area (Å²) in [6.07, 6.45) is 4.05. The summed E-state index contributed by atoms with van der Waals surface area (Å²) in [5.41, 5.74) is 0.